The minimum atomic E-state index is -0.184. The molecule has 4 rings (SSSR count). The first-order valence-electron chi connectivity index (χ1n) is 7.84. The summed E-state index contributed by atoms with van der Waals surface area (Å²) in [5.41, 5.74) is 6.73. The van der Waals surface area contributed by atoms with Crippen molar-refractivity contribution in [3.8, 4) is 0 Å². The van der Waals surface area contributed by atoms with Crippen LogP contribution in [0.2, 0.25) is 5.02 Å². The molecular formula is C19H16ClN3O. The number of nitrogens with zero attached hydrogens (tertiary/aromatic N) is 2. The van der Waals surface area contributed by atoms with Crippen LogP contribution in [0.15, 0.2) is 48.5 Å². The molecule has 1 N–H and O–H groups in total. The zero-order chi connectivity index (χ0) is 16.7. The number of aryl methyl sites for hydroxylation is 1. The smallest absolute Gasteiger partial charge is 0.267 e. The molecule has 2 aromatic carbocycles. The highest BCUT2D eigenvalue weighted by Gasteiger charge is 2.23. The molecule has 1 aliphatic rings. The summed E-state index contributed by atoms with van der Waals surface area (Å²) in [6.07, 6.45) is 0.863. The van der Waals surface area contributed by atoms with Gasteiger partial charge in [0.25, 0.3) is 5.91 Å². The maximum Gasteiger partial charge on any atom is 0.269 e. The summed E-state index contributed by atoms with van der Waals surface area (Å²) in [6.45, 7) is 2.76. The average Bonchev–Trinajstić information content (AvgIpc) is 2.94. The highest BCUT2D eigenvalue weighted by atomic mass is 35.5. The van der Waals surface area contributed by atoms with Crippen LogP contribution in [0, 0.1) is 6.92 Å². The van der Waals surface area contributed by atoms with Gasteiger partial charge in [-0.25, -0.2) is 4.98 Å². The SMILES string of the molecule is Cc1ccc2cc3c(nc2c1)N(NC(=O)c1cccc(Cl)c1)CC3. The van der Waals surface area contributed by atoms with E-state index in [0.29, 0.717) is 17.1 Å². The fourth-order valence-corrected chi connectivity index (χ4v) is 3.18. The molecule has 24 heavy (non-hydrogen) atoms. The lowest BCUT2D eigenvalue weighted by Gasteiger charge is -2.19. The number of nitrogens with one attached hydrogen (secondary N) is 1. The van der Waals surface area contributed by atoms with E-state index < -0.39 is 0 Å². The second-order valence-electron chi connectivity index (χ2n) is 6.02. The molecule has 5 heteroatoms. The van der Waals surface area contributed by atoms with Crippen LogP contribution < -0.4 is 10.4 Å². The van der Waals surface area contributed by atoms with E-state index in [1.54, 1.807) is 24.3 Å². The Hall–Kier alpha value is -2.59. The van der Waals surface area contributed by atoms with Crippen LogP contribution in [-0.4, -0.2) is 17.4 Å². The Morgan fingerprint density at radius 3 is 2.92 bits per heavy atom. The third-order valence-corrected chi connectivity index (χ3v) is 4.45. The number of rotatable bonds is 2. The zero-order valence-electron chi connectivity index (χ0n) is 13.2. The van der Waals surface area contributed by atoms with Gasteiger partial charge in [0, 0.05) is 22.5 Å². The lowest BCUT2D eigenvalue weighted by molar-refractivity contribution is 0.0949. The number of aromatic nitrogens is 1. The van der Waals surface area contributed by atoms with Crippen LogP contribution in [0.5, 0.6) is 0 Å². The summed E-state index contributed by atoms with van der Waals surface area (Å²) in [4.78, 5) is 17.2. The maximum absolute atomic E-state index is 12.4. The number of pyridine rings is 1. The molecule has 0 unspecified atom stereocenters. The summed E-state index contributed by atoms with van der Waals surface area (Å²) < 4.78 is 0. The van der Waals surface area contributed by atoms with E-state index in [4.69, 9.17) is 16.6 Å². The Morgan fingerprint density at radius 1 is 1.21 bits per heavy atom. The summed E-state index contributed by atoms with van der Waals surface area (Å²) in [6, 6.07) is 15.3. The fraction of sp³-hybridized carbons (Fsp3) is 0.158. The molecule has 0 saturated heterocycles. The molecule has 0 bridgehead atoms. The maximum atomic E-state index is 12.4. The Bertz CT molecular complexity index is 954. The minimum Gasteiger partial charge on any atom is -0.267 e. The van der Waals surface area contributed by atoms with Crippen molar-refractivity contribution in [3.63, 3.8) is 0 Å². The third kappa shape index (κ3) is 2.69. The van der Waals surface area contributed by atoms with Gasteiger partial charge in [-0.3, -0.25) is 15.2 Å². The number of benzene rings is 2. The van der Waals surface area contributed by atoms with Gasteiger partial charge in [0.15, 0.2) is 5.82 Å². The quantitative estimate of drug-likeness (QED) is 0.771. The van der Waals surface area contributed by atoms with E-state index in [2.05, 4.69) is 29.7 Å². The highest BCUT2D eigenvalue weighted by Crippen LogP contribution is 2.28. The number of hydrazine groups is 1. The van der Waals surface area contributed by atoms with Crippen molar-refractivity contribution >= 4 is 34.2 Å². The van der Waals surface area contributed by atoms with Crippen molar-refractivity contribution in [3.05, 3.63) is 70.2 Å². The van der Waals surface area contributed by atoms with Crippen molar-refractivity contribution in [1.82, 2.24) is 10.4 Å². The normalized spacial score (nSPS) is 13.2. The van der Waals surface area contributed by atoms with Gasteiger partial charge in [0.1, 0.15) is 0 Å². The number of carbonyl (C=O) groups excluding carboxylic acids is 1. The molecule has 1 aliphatic heterocycles. The third-order valence-electron chi connectivity index (χ3n) is 4.21. The van der Waals surface area contributed by atoms with Crippen molar-refractivity contribution in [2.24, 2.45) is 0 Å². The molecular weight excluding hydrogens is 322 g/mol. The van der Waals surface area contributed by atoms with Crippen molar-refractivity contribution in [1.29, 1.82) is 0 Å². The number of anilines is 1. The number of hydrogen-bond donors (Lipinski definition) is 1. The predicted octanol–water partition coefficient (Wildman–Crippen LogP) is 3.90. The van der Waals surface area contributed by atoms with Crippen LogP contribution in [0.3, 0.4) is 0 Å². The van der Waals surface area contributed by atoms with Crippen LogP contribution in [0.4, 0.5) is 5.82 Å². The van der Waals surface area contributed by atoms with E-state index in [1.165, 1.54) is 5.56 Å². The molecule has 120 valence electrons. The van der Waals surface area contributed by atoms with Gasteiger partial charge in [-0.2, -0.15) is 0 Å². The van der Waals surface area contributed by atoms with Crippen molar-refractivity contribution in [2.45, 2.75) is 13.3 Å². The Labute approximate surface area is 145 Å². The van der Waals surface area contributed by atoms with Crippen LogP contribution in [0.1, 0.15) is 21.5 Å². The summed E-state index contributed by atoms with van der Waals surface area (Å²) >= 11 is 5.96. The standard InChI is InChI=1S/C19H16ClN3O/c1-12-5-6-13-10-14-7-8-23(18(14)21-17(13)9-12)22-19(24)15-3-2-4-16(20)11-15/h2-6,9-11H,7-8H2,1H3,(H,22,24). The summed E-state index contributed by atoms with van der Waals surface area (Å²) in [5.74, 6) is 0.639. The molecule has 0 fully saturated rings. The molecule has 1 aromatic heterocycles. The van der Waals surface area contributed by atoms with Gasteiger partial charge in [0.05, 0.1) is 5.52 Å². The first-order chi connectivity index (χ1) is 11.6. The Morgan fingerprint density at radius 2 is 2.08 bits per heavy atom. The number of fused-ring (bicyclic) bond motifs is 2. The minimum absolute atomic E-state index is 0.184. The molecule has 0 atom stereocenters. The van der Waals surface area contributed by atoms with E-state index in [-0.39, 0.29) is 5.91 Å². The molecule has 2 heterocycles. The Balaban J connectivity index is 1.64. The van der Waals surface area contributed by atoms with Gasteiger partial charge >= 0.3 is 0 Å². The lowest BCUT2D eigenvalue weighted by Crippen LogP contribution is -2.41. The zero-order valence-corrected chi connectivity index (χ0v) is 14.0. The second kappa shape index (κ2) is 5.80. The predicted molar refractivity (Wildman–Crippen MR) is 96.4 cm³/mol. The number of halogens is 1. The fourth-order valence-electron chi connectivity index (χ4n) is 2.99. The largest absolute Gasteiger partial charge is 0.269 e. The number of hydrogen-bond acceptors (Lipinski definition) is 3. The van der Waals surface area contributed by atoms with Crippen molar-refractivity contribution < 1.29 is 4.79 Å². The molecule has 0 aliphatic carbocycles. The molecule has 0 saturated carbocycles. The van der Waals surface area contributed by atoms with E-state index >= 15 is 0 Å². The topological polar surface area (TPSA) is 45.2 Å². The van der Waals surface area contributed by atoms with Gasteiger partial charge in [-0.05, 0) is 54.8 Å². The van der Waals surface area contributed by atoms with E-state index in [9.17, 15) is 4.79 Å². The van der Waals surface area contributed by atoms with Gasteiger partial charge in [-0.15, -0.1) is 0 Å². The van der Waals surface area contributed by atoms with E-state index in [1.807, 2.05) is 11.9 Å². The second-order valence-corrected chi connectivity index (χ2v) is 6.46. The first-order valence-corrected chi connectivity index (χ1v) is 8.22. The van der Waals surface area contributed by atoms with Crippen LogP contribution in [-0.2, 0) is 6.42 Å². The van der Waals surface area contributed by atoms with Crippen molar-refractivity contribution in [2.75, 3.05) is 11.6 Å². The van der Waals surface area contributed by atoms with Gasteiger partial charge in [-0.1, -0.05) is 29.8 Å². The van der Waals surface area contributed by atoms with Crippen LogP contribution >= 0.6 is 11.6 Å². The monoisotopic (exact) mass is 337 g/mol. The Kier molecular flexibility index (Phi) is 3.62. The molecule has 1 amide bonds. The average molecular weight is 338 g/mol. The van der Waals surface area contributed by atoms with Gasteiger partial charge in [0.2, 0.25) is 0 Å². The highest BCUT2D eigenvalue weighted by molar-refractivity contribution is 6.30. The molecule has 4 nitrogen and oxygen atoms in total. The molecule has 0 spiro atoms. The summed E-state index contributed by atoms with van der Waals surface area (Å²) in [5, 5.41) is 3.49. The van der Waals surface area contributed by atoms with Gasteiger partial charge < -0.3 is 0 Å². The lowest BCUT2D eigenvalue weighted by atomic mass is 10.1. The van der Waals surface area contributed by atoms with Crippen LogP contribution in [0.25, 0.3) is 10.9 Å². The first kappa shape index (κ1) is 15.0. The number of amides is 1. The molecule has 0 radical (unpaired) electrons. The van der Waals surface area contributed by atoms with E-state index in [0.717, 1.165) is 28.7 Å². The number of carbonyl (C=O) groups is 1. The molecule has 3 aromatic rings. The summed E-state index contributed by atoms with van der Waals surface area (Å²) in [7, 11) is 0.